The Morgan fingerprint density at radius 3 is 2.63 bits per heavy atom. The van der Waals surface area contributed by atoms with Crippen LogP contribution in [0, 0.1) is 23.0 Å². The summed E-state index contributed by atoms with van der Waals surface area (Å²) in [5, 5.41) is 16.6. The Morgan fingerprint density at radius 1 is 1.23 bits per heavy atom. The maximum Gasteiger partial charge on any atom is 0.269 e. The molecule has 1 heterocycles. The maximum atomic E-state index is 12.5. The lowest BCUT2D eigenvalue weighted by Gasteiger charge is -2.20. The zero-order valence-corrected chi connectivity index (χ0v) is 16.9. The SMILES string of the molecule is COc1ccc(C)cc1N1CC(C(=O)NCCNc2ccc([N+](=O)[O-])cc2)CC1=O. The molecule has 1 unspecified atom stereocenters. The second-order valence-corrected chi connectivity index (χ2v) is 7.10. The van der Waals surface area contributed by atoms with Gasteiger partial charge in [0.25, 0.3) is 5.69 Å². The fraction of sp³-hybridized carbons (Fsp3) is 0.333. The van der Waals surface area contributed by atoms with Gasteiger partial charge in [-0.15, -0.1) is 0 Å². The molecular weight excluding hydrogens is 388 g/mol. The molecule has 158 valence electrons. The Hall–Kier alpha value is -3.62. The number of aryl methyl sites for hydroxylation is 1. The summed E-state index contributed by atoms with van der Waals surface area (Å²) in [6.45, 7) is 3.07. The Morgan fingerprint density at radius 2 is 1.97 bits per heavy atom. The molecule has 2 amide bonds. The minimum atomic E-state index is -0.456. The van der Waals surface area contributed by atoms with Crippen molar-refractivity contribution in [1.29, 1.82) is 0 Å². The quantitative estimate of drug-likeness (QED) is 0.391. The topological polar surface area (TPSA) is 114 Å². The van der Waals surface area contributed by atoms with Gasteiger partial charge >= 0.3 is 0 Å². The van der Waals surface area contributed by atoms with Gasteiger partial charge in [0.15, 0.2) is 0 Å². The van der Waals surface area contributed by atoms with E-state index in [0.29, 0.717) is 31.1 Å². The maximum absolute atomic E-state index is 12.5. The smallest absolute Gasteiger partial charge is 0.269 e. The summed E-state index contributed by atoms with van der Waals surface area (Å²) < 4.78 is 5.36. The lowest BCUT2D eigenvalue weighted by atomic mass is 10.1. The molecular formula is C21H24N4O5. The molecule has 0 bridgehead atoms. The predicted molar refractivity (Wildman–Crippen MR) is 113 cm³/mol. The van der Waals surface area contributed by atoms with Crippen molar-refractivity contribution in [1.82, 2.24) is 5.32 Å². The van der Waals surface area contributed by atoms with E-state index in [4.69, 9.17) is 4.74 Å². The van der Waals surface area contributed by atoms with E-state index in [9.17, 15) is 19.7 Å². The molecule has 9 nitrogen and oxygen atoms in total. The molecule has 0 saturated carbocycles. The van der Waals surface area contributed by atoms with Gasteiger partial charge in [0.1, 0.15) is 5.75 Å². The van der Waals surface area contributed by atoms with Gasteiger partial charge in [-0.25, -0.2) is 0 Å². The first kappa shape index (κ1) is 21.1. The average molecular weight is 412 g/mol. The van der Waals surface area contributed by atoms with Crippen molar-refractivity contribution in [2.24, 2.45) is 5.92 Å². The van der Waals surface area contributed by atoms with Gasteiger partial charge in [-0.3, -0.25) is 19.7 Å². The third-order valence-electron chi connectivity index (χ3n) is 4.95. The minimum absolute atomic E-state index is 0.0227. The van der Waals surface area contributed by atoms with Crippen LogP contribution in [0.5, 0.6) is 5.75 Å². The summed E-state index contributed by atoms with van der Waals surface area (Å²) in [6.07, 6.45) is 0.151. The van der Waals surface area contributed by atoms with Crippen LogP contribution >= 0.6 is 0 Å². The molecule has 3 rings (SSSR count). The van der Waals surface area contributed by atoms with Crippen LogP contribution in [0.25, 0.3) is 0 Å². The Kier molecular flexibility index (Phi) is 6.51. The second-order valence-electron chi connectivity index (χ2n) is 7.10. The van der Waals surface area contributed by atoms with Crippen molar-refractivity contribution in [3.63, 3.8) is 0 Å². The van der Waals surface area contributed by atoms with Crippen LogP contribution in [-0.2, 0) is 9.59 Å². The number of nitrogens with one attached hydrogen (secondary N) is 2. The van der Waals surface area contributed by atoms with Crippen molar-refractivity contribution >= 4 is 28.9 Å². The number of ether oxygens (including phenoxy) is 1. The van der Waals surface area contributed by atoms with Gasteiger partial charge in [-0.05, 0) is 36.8 Å². The van der Waals surface area contributed by atoms with Crippen molar-refractivity contribution in [3.8, 4) is 5.75 Å². The number of amides is 2. The first-order chi connectivity index (χ1) is 14.4. The van der Waals surface area contributed by atoms with Gasteiger partial charge in [0, 0.05) is 43.9 Å². The molecule has 1 aliphatic heterocycles. The minimum Gasteiger partial charge on any atom is -0.495 e. The van der Waals surface area contributed by atoms with E-state index in [-0.39, 0.29) is 23.9 Å². The van der Waals surface area contributed by atoms with Crippen LogP contribution in [-0.4, -0.2) is 43.5 Å². The summed E-state index contributed by atoms with van der Waals surface area (Å²) in [5.41, 5.74) is 2.43. The summed E-state index contributed by atoms with van der Waals surface area (Å²) in [5.74, 6) is -0.115. The van der Waals surface area contributed by atoms with Crippen LogP contribution in [0.3, 0.4) is 0 Å². The number of rotatable bonds is 8. The Bertz CT molecular complexity index is 945. The summed E-state index contributed by atoms with van der Waals surface area (Å²) in [4.78, 5) is 36.8. The monoisotopic (exact) mass is 412 g/mol. The van der Waals surface area contributed by atoms with Crippen LogP contribution in [0.2, 0.25) is 0 Å². The molecule has 0 spiro atoms. The molecule has 1 atom stereocenters. The van der Waals surface area contributed by atoms with Crippen molar-refractivity contribution < 1.29 is 19.2 Å². The number of nitro benzene ring substituents is 1. The molecule has 2 N–H and O–H groups in total. The standard InChI is InChI=1S/C21H24N4O5/c1-14-3-8-19(30-2)18(11-14)24-13-15(12-20(24)26)21(27)23-10-9-22-16-4-6-17(7-5-16)25(28)29/h3-8,11,15,22H,9-10,12-13H2,1-2H3,(H,23,27). The number of methoxy groups -OCH3 is 1. The molecule has 0 radical (unpaired) electrons. The number of hydrogen-bond donors (Lipinski definition) is 2. The number of nitrogens with zero attached hydrogens (tertiary/aromatic N) is 2. The van der Waals surface area contributed by atoms with Gasteiger partial charge in [0.2, 0.25) is 11.8 Å². The Labute approximate surface area is 174 Å². The number of nitro groups is 1. The van der Waals surface area contributed by atoms with Crippen molar-refractivity contribution in [2.45, 2.75) is 13.3 Å². The first-order valence-electron chi connectivity index (χ1n) is 9.60. The molecule has 0 aromatic heterocycles. The van der Waals surface area contributed by atoms with Gasteiger partial charge in [-0.1, -0.05) is 6.07 Å². The zero-order valence-electron chi connectivity index (χ0n) is 16.9. The highest BCUT2D eigenvalue weighted by Crippen LogP contribution is 2.33. The molecule has 2 aromatic rings. The van der Waals surface area contributed by atoms with E-state index in [2.05, 4.69) is 10.6 Å². The number of hydrogen-bond acceptors (Lipinski definition) is 6. The number of anilines is 2. The van der Waals surface area contributed by atoms with E-state index in [1.54, 1.807) is 24.1 Å². The fourth-order valence-corrected chi connectivity index (χ4v) is 3.36. The molecule has 1 fully saturated rings. The van der Waals surface area contributed by atoms with E-state index < -0.39 is 10.8 Å². The number of benzene rings is 2. The summed E-state index contributed by atoms with van der Waals surface area (Å²) in [6, 6.07) is 11.7. The Balaban J connectivity index is 1.50. The molecule has 2 aromatic carbocycles. The molecule has 9 heteroatoms. The third-order valence-corrected chi connectivity index (χ3v) is 4.95. The molecule has 1 saturated heterocycles. The predicted octanol–water partition coefficient (Wildman–Crippen LogP) is 2.49. The van der Waals surface area contributed by atoms with Crippen molar-refractivity contribution in [3.05, 3.63) is 58.1 Å². The van der Waals surface area contributed by atoms with Crippen LogP contribution in [0.4, 0.5) is 17.1 Å². The second kappa shape index (κ2) is 9.25. The first-order valence-corrected chi connectivity index (χ1v) is 9.60. The molecule has 0 aliphatic carbocycles. The van der Waals surface area contributed by atoms with Crippen LogP contribution in [0.15, 0.2) is 42.5 Å². The lowest BCUT2D eigenvalue weighted by Crippen LogP contribution is -2.35. The van der Waals surface area contributed by atoms with E-state index in [0.717, 1.165) is 11.3 Å². The van der Waals surface area contributed by atoms with E-state index in [1.165, 1.54) is 12.1 Å². The highest BCUT2D eigenvalue weighted by Gasteiger charge is 2.36. The van der Waals surface area contributed by atoms with Gasteiger partial charge in [0.05, 0.1) is 23.6 Å². The largest absolute Gasteiger partial charge is 0.495 e. The highest BCUT2D eigenvalue weighted by atomic mass is 16.6. The van der Waals surface area contributed by atoms with Crippen molar-refractivity contribution in [2.75, 3.05) is 37.0 Å². The normalized spacial score (nSPS) is 15.7. The van der Waals surface area contributed by atoms with Crippen LogP contribution < -0.4 is 20.3 Å². The average Bonchev–Trinajstić information content (AvgIpc) is 3.13. The summed E-state index contributed by atoms with van der Waals surface area (Å²) in [7, 11) is 1.55. The summed E-state index contributed by atoms with van der Waals surface area (Å²) >= 11 is 0. The molecule has 1 aliphatic rings. The lowest BCUT2D eigenvalue weighted by molar-refractivity contribution is -0.384. The third kappa shape index (κ3) is 4.86. The van der Waals surface area contributed by atoms with Gasteiger partial charge < -0.3 is 20.3 Å². The van der Waals surface area contributed by atoms with E-state index >= 15 is 0 Å². The van der Waals surface area contributed by atoms with Crippen LogP contribution in [0.1, 0.15) is 12.0 Å². The van der Waals surface area contributed by atoms with Gasteiger partial charge in [-0.2, -0.15) is 0 Å². The number of non-ortho nitro benzene ring substituents is 1. The fourth-order valence-electron chi connectivity index (χ4n) is 3.36. The molecule has 30 heavy (non-hydrogen) atoms. The van der Waals surface area contributed by atoms with E-state index in [1.807, 2.05) is 25.1 Å². The number of carbonyl (C=O) groups excluding carboxylic acids is 2. The zero-order chi connectivity index (χ0) is 21.7. The highest BCUT2D eigenvalue weighted by molar-refractivity contribution is 6.01. The number of carbonyl (C=O) groups is 2.